The van der Waals surface area contributed by atoms with Crippen LogP contribution in [-0.2, 0) is 6.54 Å². The van der Waals surface area contributed by atoms with Crippen molar-refractivity contribution in [2.45, 2.75) is 44.9 Å². The Morgan fingerprint density at radius 2 is 2.29 bits per heavy atom. The smallest absolute Gasteiger partial charge is 0.120 e. The summed E-state index contributed by atoms with van der Waals surface area (Å²) < 4.78 is 0. The highest BCUT2D eigenvalue weighted by Crippen LogP contribution is 2.21. The maximum atomic E-state index is 9.70. The zero-order chi connectivity index (χ0) is 12.3. The molecule has 1 aromatic carbocycles. The molecule has 2 rings (SSSR count). The van der Waals surface area contributed by atoms with Crippen LogP contribution in [0.25, 0.3) is 0 Å². The van der Waals surface area contributed by atoms with Crippen LogP contribution in [0.1, 0.15) is 31.7 Å². The molecule has 0 bridgehead atoms. The second kappa shape index (κ2) is 5.71. The average Bonchev–Trinajstić information content (AvgIpc) is 2.30. The molecule has 1 aliphatic rings. The number of phenols is 1. The summed E-state index contributed by atoms with van der Waals surface area (Å²) in [5.41, 5.74) is 0.845. The van der Waals surface area contributed by atoms with Crippen LogP contribution in [0.4, 0.5) is 0 Å². The first-order valence-electron chi connectivity index (χ1n) is 6.12. The van der Waals surface area contributed by atoms with Gasteiger partial charge in [-0.2, -0.15) is 0 Å². The molecule has 2 atom stereocenters. The second-order valence-corrected chi connectivity index (χ2v) is 5.14. The zero-order valence-corrected chi connectivity index (χ0v) is 10.8. The number of phenolic OH excluding ortho intramolecular Hbond substituents is 1. The molecule has 1 aromatic rings. The van der Waals surface area contributed by atoms with Crippen molar-refractivity contribution in [2.75, 3.05) is 0 Å². The van der Waals surface area contributed by atoms with Crippen molar-refractivity contribution in [1.82, 2.24) is 10.6 Å². The fraction of sp³-hybridized carbons (Fsp3) is 0.538. The van der Waals surface area contributed by atoms with E-state index in [0.717, 1.165) is 12.0 Å². The molecule has 0 aromatic heterocycles. The number of benzene rings is 1. The number of nitrogens with one attached hydrogen (secondary N) is 2. The van der Waals surface area contributed by atoms with Crippen LogP contribution in [0.2, 0.25) is 5.02 Å². The predicted molar refractivity (Wildman–Crippen MR) is 70.2 cm³/mol. The monoisotopic (exact) mass is 254 g/mol. The van der Waals surface area contributed by atoms with Crippen molar-refractivity contribution in [2.24, 2.45) is 0 Å². The van der Waals surface area contributed by atoms with Crippen molar-refractivity contribution < 1.29 is 5.11 Å². The summed E-state index contributed by atoms with van der Waals surface area (Å²) in [6, 6.07) is 5.70. The summed E-state index contributed by atoms with van der Waals surface area (Å²) in [5.74, 6) is 0.297. The van der Waals surface area contributed by atoms with Gasteiger partial charge in [-0.15, -0.1) is 0 Å². The lowest BCUT2D eigenvalue weighted by molar-refractivity contribution is 0.290. The SMILES string of the molecule is CC1CCCC(NCc2cc(Cl)ccc2O)N1. The van der Waals surface area contributed by atoms with E-state index in [-0.39, 0.29) is 0 Å². The summed E-state index contributed by atoms with van der Waals surface area (Å²) in [6.07, 6.45) is 3.94. The van der Waals surface area contributed by atoms with Crippen molar-refractivity contribution in [1.29, 1.82) is 0 Å². The van der Waals surface area contributed by atoms with Crippen LogP contribution in [0, 0.1) is 0 Å². The Morgan fingerprint density at radius 1 is 1.47 bits per heavy atom. The molecule has 2 unspecified atom stereocenters. The third kappa shape index (κ3) is 3.60. The minimum absolute atomic E-state index is 0.297. The van der Waals surface area contributed by atoms with Gasteiger partial charge in [-0.05, 0) is 44.4 Å². The highest BCUT2D eigenvalue weighted by atomic mass is 35.5. The van der Waals surface area contributed by atoms with Gasteiger partial charge >= 0.3 is 0 Å². The predicted octanol–water partition coefficient (Wildman–Crippen LogP) is 2.62. The Balaban J connectivity index is 1.90. The maximum Gasteiger partial charge on any atom is 0.120 e. The van der Waals surface area contributed by atoms with Gasteiger partial charge in [0.05, 0.1) is 6.17 Å². The number of rotatable bonds is 3. The third-order valence-electron chi connectivity index (χ3n) is 3.20. The third-order valence-corrected chi connectivity index (χ3v) is 3.43. The molecule has 94 valence electrons. The lowest BCUT2D eigenvalue weighted by Crippen LogP contribution is -2.48. The van der Waals surface area contributed by atoms with Crippen LogP contribution in [0.15, 0.2) is 18.2 Å². The average molecular weight is 255 g/mol. The van der Waals surface area contributed by atoms with Crippen LogP contribution < -0.4 is 10.6 Å². The number of hydrogen-bond donors (Lipinski definition) is 3. The van der Waals surface area contributed by atoms with Crippen LogP contribution in [0.3, 0.4) is 0 Å². The van der Waals surface area contributed by atoms with E-state index >= 15 is 0 Å². The van der Waals surface area contributed by atoms with Gasteiger partial charge in [0, 0.05) is 23.2 Å². The largest absolute Gasteiger partial charge is 0.508 e. The van der Waals surface area contributed by atoms with Gasteiger partial charge in [0.1, 0.15) is 5.75 Å². The molecule has 3 N–H and O–H groups in total. The van der Waals surface area contributed by atoms with E-state index in [1.165, 1.54) is 12.8 Å². The first-order valence-corrected chi connectivity index (χ1v) is 6.50. The lowest BCUT2D eigenvalue weighted by atomic mass is 10.0. The molecule has 1 saturated heterocycles. The minimum Gasteiger partial charge on any atom is -0.508 e. The number of aromatic hydroxyl groups is 1. The van der Waals surface area contributed by atoms with E-state index in [2.05, 4.69) is 17.6 Å². The van der Waals surface area contributed by atoms with Gasteiger partial charge in [-0.1, -0.05) is 11.6 Å². The first kappa shape index (κ1) is 12.7. The second-order valence-electron chi connectivity index (χ2n) is 4.71. The van der Waals surface area contributed by atoms with E-state index < -0.39 is 0 Å². The topological polar surface area (TPSA) is 44.3 Å². The molecule has 17 heavy (non-hydrogen) atoms. The molecule has 1 fully saturated rings. The van der Waals surface area contributed by atoms with E-state index in [9.17, 15) is 5.11 Å². The lowest BCUT2D eigenvalue weighted by Gasteiger charge is -2.29. The van der Waals surface area contributed by atoms with Gasteiger partial charge in [0.15, 0.2) is 0 Å². The van der Waals surface area contributed by atoms with E-state index in [1.54, 1.807) is 18.2 Å². The molecule has 0 radical (unpaired) electrons. The van der Waals surface area contributed by atoms with Gasteiger partial charge < -0.3 is 5.11 Å². The molecule has 3 nitrogen and oxygen atoms in total. The van der Waals surface area contributed by atoms with Crippen molar-refractivity contribution in [3.05, 3.63) is 28.8 Å². The van der Waals surface area contributed by atoms with Crippen LogP contribution in [0.5, 0.6) is 5.75 Å². The van der Waals surface area contributed by atoms with Crippen LogP contribution in [-0.4, -0.2) is 17.3 Å². The molecule has 0 saturated carbocycles. The molecule has 0 spiro atoms. The molecular formula is C13H19ClN2O. The maximum absolute atomic E-state index is 9.70. The van der Waals surface area contributed by atoms with Crippen molar-refractivity contribution >= 4 is 11.6 Å². The van der Waals surface area contributed by atoms with Gasteiger partial charge in [-0.3, -0.25) is 10.6 Å². The molecule has 1 heterocycles. The number of piperidine rings is 1. The molecule has 0 aliphatic carbocycles. The summed E-state index contributed by atoms with van der Waals surface area (Å²) in [4.78, 5) is 0. The Bertz CT molecular complexity index is 384. The van der Waals surface area contributed by atoms with Crippen molar-refractivity contribution in [3.63, 3.8) is 0 Å². The van der Waals surface area contributed by atoms with Gasteiger partial charge in [0.2, 0.25) is 0 Å². The fourth-order valence-corrected chi connectivity index (χ4v) is 2.42. The number of hydrogen-bond acceptors (Lipinski definition) is 3. The van der Waals surface area contributed by atoms with E-state index in [1.807, 2.05) is 0 Å². The Morgan fingerprint density at radius 3 is 3.06 bits per heavy atom. The normalized spacial score (nSPS) is 24.8. The summed E-state index contributed by atoms with van der Waals surface area (Å²) in [7, 11) is 0. The van der Waals surface area contributed by atoms with E-state index in [0.29, 0.717) is 29.5 Å². The first-order chi connectivity index (χ1) is 8.15. The van der Waals surface area contributed by atoms with Gasteiger partial charge in [-0.25, -0.2) is 0 Å². The molecule has 4 heteroatoms. The molecule has 1 aliphatic heterocycles. The van der Waals surface area contributed by atoms with Crippen LogP contribution >= 0.6 is 11.6 Å². The Hall–Kier alpha value is -0.770. The summed E-state index contributed by atoms with van der Waals surface area (Å²) in [5, 5.41) is 17.3. The fourth-order valence-electron chi connectivity index (χ4n) is 2.23. The Labute approximate surface area is 107 Å². The quantitative estimate of drug-likeness (QED) is 0.777. The van der Waals surface area contributed by atoms with Crippen molar-refractivity contribution in [3.8, 4) is 5.75 Å². The standard InChI is InChI=1S/C13H19ClN2O/c1-9-3-2-4-13(16-9)15-8-10-7-11(14)5-6-12(10)17/h5-7,9,13,15-17H,2-4,8H2,1H3. The Kier molecular flexibility index (Phi) is 4.26. The van der Waals surface area contributed by atoms with E-state index in [4.69, 9.17) is 11.6 Å². The summed E-state index contributed by atoms with van der Waals surface area (Å²) >= 11 is 5.91. The molecule has 0 amide bonds. The highest BCUT2D eigenvalue weighted by molar-refractivity contribution is 6.30. The highest BCUT2D eigenvalue weighted by Gasteiger charge is 2.17. The number of halogens is 1. The minimum atomic E-state index is 0.297. The summed E-state index contributed by atoms with van der Waals surface area (Å²) in [6.45, 7) is 2.83. The molecular weight excluding hydrogens is 236 g/mol. The van der Waals surface area contributed by atoms with Gasteiger partial charge in [0.25, 0.3) is 0 Å². The zero-order valence-electron chi connectivity index (χ0n) is 10.0.